The van der Waals surface area contributed by atoms with Crippen LogP contribution in [0.4, 0.5) is 0 Å². The van der Waals surface area contributed by atoms with Crippen molar-refractivity contribution in [3.8, 4) is 11.5 Å². The molecule has 4 heteroatoms. The topological polar surface area (TPSA) is 44.5 Å². The highest BCUT2D eigenvalue weighted by molar-refractivity contribution is 6.32. The average Bonchev–Trinajstić information content (AvgIpc) is 2.59. The number of hydrogen-bond acceptors (Lipinski definition) is 3. The molecule has 0 saturated carbocycles. The van der Waals surface area contributed by atoms with Gasteiger partial charge >= 0.3 is 0 Å². The fourth-order valence-corrected chi connectivity index (χ4v) is 1.58. The summed E-state index contributed by atoms with van der Waals surface area (Å²) in [5, 5.41) is 0.591. The number of fused-ring (bicyclic) bond motifs is 1. The van der Waals surface area contributed by atoms with Crippen LogP contribution in [0.1, 0.15) is 5.56 Å². The molecule has 0 saturated heterocycles. The molecule has 0 aliphatic carbocycles. The van der Waals surface area contributed by atoms with Gasteiger partial charge in [-0.1, -0.05) is 17.7 Å². The van der Waals surface area contributed by atoms with E-state index < -0.39 is 0 Å². The van der Waals surface area contributed by atoms with Gasteiger partial charge in [0.2, 0.25) is 6.79 Å². The van der Waals surface area contributed by atoms with Crippen LogP contribution in [-0.2, 0) is 6.42 Å². The zero-order chi connectivity index (χ0) is 9.26. The van der Waals surface area contributed by atoms with Crippen molar-refractivity contribution < 1.29 is 9.47 Å². The maximum Gasteiger partial charge on any atom is 0.231 e. The minimum absolute atomic E-state index is 0.247. The molecule has 0 fully saturated rings. The highest BCUT2D eigenvalue weighted by Gasteiger charge is 2.20. The summed E-state index contributed by atoms with van der Waals surface area (Å²) in [7, 11) is 0. The zero-order valence-corrected chi connectivity index (χ0v) is 7.80. The first kappa shape index (κ1) is 8.66. The molecule has 0 radical (unpaired) electrons. The third-order valence-corrected chi connectivity index (χ3v) is 2.26. The van der Waals surface area contributed by atoms with Crippen LogP contribution in [0.3, 0.4) is 0 Å². The summed E-state index contributed by atoms with van der Waals surface area (Å²) >= 11 is 5.91. The second-order valence-electron chi connectivity index (χ2n) is 2.81. The van der Waals surface area contributed by atoms with Gasteiger partial charge in [0.1, 0.15) is 0 Å². The molecule has 13 heavy (non-hydrogen) atoms. The second-order valence-corrected chi connectivity index (χ2v) is 3.22. The fourth-order valence-electron chi connectivity index (χ4n) is 1.37. The van der Waals surface area contributed by atoms with E-state index >= 15 is 0 Å². The second kappa shape index (κ2) is 3.44. The summed E-state index contributed by atoms with van der Waals surface area (Å²) in [5.74, 6) is 1.39. The molecular weight excluding hydrogens is 190 g/mol. The lowest BCUT2D eigenvalue weighted by Crippen LogP contribution is -2.03. The van der Waals surface area contributed by atoms with E-state index in [1.807, 2.05) is 6.07 Å². The van der Waals surface area contributed by atoms with Gasteiger partial charge in [0.15, 0.2) is 11.5 Å². The van der Waals surface area contributed by atoms with E-state index in [2.05, 4.69) is 0 Å². The number of benzene rings is 1. The lowest BCUT2D eigenvalue weighted by Gasteiger charge is -2.04. The first-order chi connectivity index (χ1) is 6.33. The van der Waals surface area contributed by atoms with E-state index in [0.29, 0.717) is 17.3 Å². The first-order valence-electron chi connectivity index (χ1n) is 4.10. The molecule has 2 N–H and O–H groups in total. The van der Waals surface area contributed by atoms with E-state index in [9.17, 15) is 0 Å². The summed E-state index contributed by atoms with van der Waals surface area (Å²) in [6.07, 6.45) is 0.781. The van der Waals surface area contributed by atoms with Crippen molar-refractivity contribution in [3.63, 3.8) is 0 Å². The van der Waals surface area contributed by atoms with Gasteiger partial charge in [0.25, 0.3) is 0 Å². The predicted molar refractivity (Wildman–Crippen MR) is 50.3 cm³/mol. The molecule has 70 valence electrons. The Morgan fingerprint density at radius 3 is 2.85 bits per heavy atom. The van der Waals surface area contributed by atoms with Crippen molar-refractivity contribution in [2.45, 2.75) is 6.42 Å². The summed E-state index contributed by atoms with van der Waals surface area (Å²) in [4.78, 5) is 0. The molecule has 1 aromatic carbocycles. The average molecular weight is 200 g/mol. The smallest absolute Gasteiger partial charge is 0.231 e. The van der Waals surface area contributed by atoms with E-state index in [1.54, 1.807) is 6.07 Å². The Bertz CT molecular complexity index is 328. The molecular formula is C9H10ClNO2. The quantitative estimate of drug-likeness (QED) is 0.787. The Labute approximate surface area is 81.4 Å². The predicted octanol–water partition coefficient (Wildman–Crippen LogP) is 1.57. The number of rotatable bonds is 2. The molecule has 0 bridgehead atoms. The number of ether oxygens (including phenoxy) is 2. The van der Waals surface area contributed by atoms with Gasteiger partial charge in [0, 0.05) is 0 Å². The number of halogens is 1. The molecule has 2 rings (SSSR count). The van der Waals surface area contributed by atoms with Crippen LogP contribution in [0.25, 0.3) is 0 Å². The van der Waals surface area contributed by atoms with Gasteiger partial charge < -0.3 is 15.2 Å². The minimum atomic E-state index is 0.247. The van der Waals surface area contributed by atoms with Crippen molar-refractivity contribution in [2.75, 3.05) is 13.3 Å². The van der Waals surface area contributed by atoms with Gasteiger partial charge in [-0.15, -0.1) is 0 Å². The van der Waals surface area contributed by atoms with E-state index in [-0.39, 0.29) is 6.79 Å². The molecule has 1 aliphatic rings. The Kier molecular flexibility index (Phi) is 2.29. The van der Waals surface area contributed by atoms with Crippen molar-refractivity contribution in [1.82, 2.24) is 0 Å². The zero-order valence-electron chi connectivity index (χ0n) is 7.05. The van der Waals surface area contributed by atoms with Crippen molar-refractivity contribution >= 4 is 11.6 Å². The van der Waals surface area contributed by atoms with Crippen LogP contribution in [0.15, 0.2) is 12.1 Å². The van der Waals surface area contributed by atoms with Crippen LogP contribution < -0.4 is 15.2 Å². The summed E-state index contributed by atoms with van der Waals surface area (Å²) in [5.41, 5.74) is 6.52. The van der Waals surface area contributed by atoms with Gasteiger partial charge in [-0.2, -0.15) is 0 Å². The van der Waals surface area contributed by atoms with Gasteiger partial charge in [0.05, 0.1) is 5.02 Å². The lowest BCUT2D eigenvalue weighted by atomic mass is 10.1. The molecule has 3 nitrogen and oxygen atoms in total. The normalized spacial score (nSPS) is 13.4. The molecule has 0 spiro atoms. The van der Waals surface area contributed by atoms with Crippen LogP contribution in [0.2, 0.25) is 5.02 Å². The van der Waals surface area contributed by atoms with Gasteiger partial charge in [-0.3, -0.25) is 0 Å². The maximum atomic E-state index is 5.91. The van der Waals surface area contributed by atoms with Crippen LogP contribution in [-0.4, -0.2) is 13.3 Å². The summed E-state index contributed by atoms with van der Waals surface area (Å²) in [6, 6.07) is 3.72. The summed E-state index contributed by atoms with van der Waals surface area (Å²) in [6.45, 7) is 0.841. The molecule has 0 atom stereocenters. The Morgan fingerprint density at radius 2 is 2.08 bits per heavy atom. The van der Waals surface area contributed by atoms with Crippen LogP contribution in [0.5, 0.6) is 11.5 Å². The molecule has 0 aromatic heterocycles. The Balaban J connectivity index is 2.43. The van der Waals surface area contributed by atoms with E-state index in [1.165, 1.54) is 0 Å². The standard InChI is InChI=1S/C9H10ClNO2/c10-7-2-1-6(3-4-11)8-9(7)13-5-12-8/h1-2H,3-5,11H2. The van der Waals surface area contributed by atoms with E-state index in [4.69, 9.17) is 26.8 Å². The number of nitrogens with two attached hydrogens (primary N) is 1. The minimum Gasteiger partial charge on any atom is -0.453 e. The first-order valence-corrected chi connectivity index (χ1v) is 4.48. The number of hydrogen-bond donors (Lipinski definition) is 1. The van der Waals surface area contributed by atoms with Gasteiger partial charge in [-0.25, -0.2) is 0 Å². The van der Waals surface area contributed by atoms with Crippen LogP contribution in [0, 0.1) is 0 Å². The highest BCUT2D eigenvalue weighted by Crippen LogP contribution is 2.41. The van der Waals surface area contributed by atoms with Gasteiger partial charge in [-0.05, 0) is 24.6 Å². The van der Waals surface area contributed by atoms with E-state index in [0.717, 1.165) is 17.7 Å². The molecule has 1 aromatic rings. The van der Waals surface area contributed by atoms with Crippen molar-refractivity contribution in [3.05, 3.63) is 22.7 Å². The monoisotopic (exact) mass is 199 g/mol. The third-order valence-electron chi connectivity index (χ3n) is 1.97. The van der Waals surface area contributed by atoms with Crippen molar-refractivity contribution in [1.29, 1.82) is 0 Å². The SMILES string of the molecule is NCCc1ccc(Cl)c2c1OCO2. The molecule has 0 unspecified atom stereocenters. The lowest BCUT2D eigenvalue weighted by molar-refractivity contribution is 0.173. The Morgan fingerprint density at radius 1 is 1.31 bits per heavy atom. The Hall–Kier alpha value is -0.930. The van der Waals surface area contributed by atoms with Crippen LogP contribution >= 0.6 is 11.6 Å². The fraction of sp³-hybridized carbons (Fsp3) is 0.333. The summed E-state index contributed by atoms with van der Waals surface area (Å²) < 4.78 is 10.5. The third kappa shape index (κ3) is 1.45. The maximum absolute atomic E-state index is 5.91. The molecule has 1 heterocycles. The largest absolute Gasteiger partial charge is 0.453 e. The molecule has 0 amide bonds. The molecule has 1 aliphatic heterocycles. The van der Waals surface area contributed by atoms with Crippen molar-refractivity contribution in [2.24, 2.45) is 5.73 Å². The highest BCUT2D eigenvalue weighted by atomic mass is 35.5.